The number of hydrogen-bond donors (Lipinski definition) is 4. The van der Waals surface area contributed by atoms with Gasteiger partial charge in [0.1, 0.15) is 18.1 Å². The summed E-state index contributed by atoms with van der Waals surface area (Å²) in [6.45, 7) is 14.0. The molecule has 5 amide bonds. The fourth-order valence-electron chi connectivity index (χ4n) is 7.72. The third kappa shape index (κ3) is 12.4. The third-order valence-corrected chi connectivity index (χ3v) is 11.2. The molecule has 2 unspecified atom stereocenters. The number of methoxy groups -OCH3 is 2. The Kier molecular flexibility index (Phi) is 19.5. The quantitative estimate of drug-likeness (QED) is 0.139. The van der Waals surface area contributed by atoms with Crippen LogP contribution in [-0.2, 0) is 39.9 Å². The van der Waals surface area contributed by atoms with Crippen molar-refractivity contribution in [3.63, 3.8) is 0 Å². The van der Waals surface area contributed by atoms with Crippen molar-refractivity contribution < 1.29 is 33.4 Å². The molecule has 3 N–H and O–H groups in total. The summed E-state index contributed by atoms with van der Waals surface area (Å²) in [7, 11) is 8.05. The molecule has 2 rings (SSSR count). The number of nitrogens with zero attached hydrogens (tertiary/aromatic N) is 3. The summed E-state index contributed by atoms with van der Waals surface area (Å²) in [4.78, 5) is 71.7. The second-order valence-electron chi connectivity index (χ2n) is 15.4. The molecule has 13 nitrogen and oxygen atoms in total. The molecule has 1 fully saturated rings. The Balaban J connectivity index is 2.29. The highest BCUT2D eigenvalue weighted by Gasteiger charge is 2.43. The lowest BCUT2D eigenvalue weighted by Crippen LogP contribution is -2.59. The van der Waals surface area contributed by atoms with Crippen molar-refractivity contribution >= 4 is 42.4 Å². The molecule has 0 bridgehead atoms. The number of hydrogen-bond acceptors (Lipinski definition) is 9. The summed E-state index contributed by atoms with van der Waals surface area (Å²) in [5, 5.41) is 8.55. The Morgan fingerprint density at radius 2 is 1.54 bits per heavy atom. The molecule has 54 heavy (non-hydrogen) atoms. The zero-order valence-corrected chi connectivity index (χ0v) is 35.5. The molecule has 1 aliphatic rings. The van der Waals surface area contributed by atoms with Crippen molar-refractivity contribution in [1.82, 2.24) is 30.1 Å². The van der Waals surface area contributed by atoms with Gasteiger partial charge in [-0.3, -0.25) is 24.0 Å². The maximum atomic E-state index is 14.2. The number of nitrogens with one attached hydrogen (secondary N) is 3. The first kappa shape index (κ1) is 47.0. The molecule has 1 heterocycles. The van der Waals surface area contributed by atoms with Gasteiger partial charge in [0.2, 0.25) is 29.5 Å². The topological polar surface area (TPSA) is 150 Å². The minimum atomic E-state index is -0.800. The highest BCUT2D eigenvalue weighted by Crippen LogP contribution is 2.30. The monoisotopic (exact) mass is 776 g/mol. The van der Waals surface area contributed by atoms with Crippen LogP contribution in [0.2, 0.25) is 0 Å². The molecule has 1 aromatic rings. The lowest BCUT2D eigenvalue weighted by molar-refractivity contribution is -0.148. The maximum Gasteiger partial charge on any atom is 0.245 e. The standard InChI is InChI=1S/C40H68N6O7S/c1-13-26(6)35(44(9)40(51)33(24(2)3)43-39(50)34(25(4)5)45(10)54)31(52-11)23-32(47)46-21-17-20-30(46)36(53-12)27(7)37(48)42-29(38(49)41-8)22-28-18-15-14-16-19-28/h14-16,18-19,24-27,29-31,33-36,54H,13,17,20-23H2,1-12H3,(H,41,49)(H,42,48)(H,43,50)/t26?,27-,29?,30+,31-,33+,34+,35+,36-/m1/s1. The summed E-state index contributed by atoms with van der Waals surface area (Å²) in [6.07, 6.45) is 1.16. The molecule has 0 aromatic heterocycles. The van der Waals surface area contributed by atoms with Crippen molar-refractivity contribution in [1.29, 1.82) is 0 Å². The number of carbonyl (C=O) groups excluding carboxylic acids is 5. The Bertz CT molecular complexity index is 1360. The molecule has 0 spiro atoms. The van der Waals surface area contributed by atoms with E-state index in [1.165, 1.54) is 14.2 Å². The zero-order chi connectivity index (χ0) is 40.9. The van der Waals surface area contributed by atoms with E-state index in [1.54, 1.807) is 42.2 Å². The van der Waals surface area contributed by atoms with E-state index in [0.717, 1.165) is 18.4 Å². The molecule has 1 saturated heterocycles. The third-order valence-electron chi connectivity index (χ3n) is 11.0. The van der Waals surface area contributed by atoms with Gasteiger partial charge in [0.25, 0.3) is 0 Å². The number of likely N-dealkylation sites (N-methyl/N-ethyl adjacent to an activating group) is 3. The predicted molar refractivity (Wildman–Crippen MR) is 214 cm³/mol. The summed E-state index contributed by atoms with van der Waals surface area (Å²) in [5.74, 6) is -2.30. The van der Waals surface area contributed by atoms with Gasteiger partial charge in [-0.2, -0.15) is 0 Å². The van der Waals surface area contributed by atoms with E-state index < -0.39 is 42.3 Å². The second-order valence-corrected chi connectivity index (χ2v) is 16.1. The van der Waals surface area contributed by atoms with Crippen LogP contribution in [0.4, 0.5) is 0 Å². The van der Waals surface area contributed by atoms with Crippen molar-refractivity contribution in [2.45, 2.75) is 123 Å². The zero-order valence-electron chi connectivity index (χ0n) is 34.6. The van der Waals surface area contributed by atoms with Crippen LogP contribution in [0.3, 0.4) is 0 Å². The fourth-order valence-corrected chi connectivity index (χ4v) is 8.09. The van der Waals surface area contributed by atoms with Crippen molar-refractivity contribution in [2.75, 3.05) is 41.9 Å². The highest BCUT2D eigenvalue weighted by atomic mass is 32.1. The molecule has 0 radical (unpaired) electrons. The highest BCUT2D eigenvalue weighted by molar-refractivity contribution is 7.77. The smallest absolute Gasteiger partial charge is 0.245 e. The van der Waals surface area contributed by atoms with E-state index in [-0.39, 0.29) is 59.8 Å². The van der Waals surface area contributed by atoms with Gasteiger partial charge in [-0.25, -0.2) is 4.31 Å². The molecule has 0 aliphatic carbocycles. The van der Waals surface area contributed by atoms with Crippen LogP contribution in [0, 0.1) is 23.7 Å². The van der Waals surface area contributed by atoms with Crippen LogP contribution in [0.15, 0.2) is 30.3 Å². The minimum absolute atomic E-state index is 0.00499. The summed E-state index contributed by atoms with van der Waals surface area (Å²) in [6, 6.07) is 6.51. The van der Waals surface area contributed by atoms with Gasteiger partial charge < -0.3 is 35.2 Å². The van der Waals surface area contributed by atoms with Crippen LogP contribution in [0.1, 0.15) is 79.7 Å². The van der Waals surface area contributed by atoms with E-state index in [2.05, 4.69) is 28.8 Å². The largest absolute Gasteiger partial charge is 0.379 e. The lowest BCUT2D eigenvalue weighted by atomic mass is 9.89. The van der Waals surface area contributed by atoms with Crippen molar-refractivity contribution in [3.05, 3.63) is 35.9 Å². The summed E-state index contributed by atoms with van der Waals surface area (Å²) >= 11 is 4.39. The normalized spacial score (nSPS) is 19.0. The minimum Gasteiger partial charge on any atom is -0.379 e. The van der Waals surface area contributed by atoms with E-state index in [9.17, 15) is 24.0 Å². The predicted octanol–water partition coefficient (Wildman–Crippen LogP) is 3.32. The lowest BCUT2D eigenvalue weighted by Gasteiger charge is -2.41. The van der Waals surface area contributed by atoms with E-state index in [4.69, 9.17) is 9.47 Å². The average Bonchev–Trinajstić information content (AvgIpc) is 3.62. The van der Waals surface area contributed by atoms with Crippen LogP contribution < -0.4 is 16.0 Å². The molecule has 306 valence electrons. The van der Waals surface area contributed by atoms with Crippen molar-refractivity contribution in [2.24, 2.45) is 23.7 Å². The van der Waals surface area contributed by atoms with E-state index in [0.29, 0.717) is 19.4 Å². The maximum absolute atomic E-state index is 14.2. The van der Waals surface area contributed by atoms with Gasteiger partial charge in [0, 0.05) is 41.3 Å². The summed E-state index contributed by atoms with van der Waals surface area (Å²) in [5.41, 5.74) is 0.913. The van der Waals surface area contributed by atoms with Gasteiger partial charge in [-0.15, -0.1) is 0 Å². The Morgan fingerprint density at radius 1 is 0.907 bits per heavy atom. The first-order chi connectivity index (χ1) is 25.4. The molecule has 1 aliphatic heterocycles. The molecule has 1 aromatic carbocycles. The second kappa shape index (κ2) is 22.4. The van der Waals surface area contributed by atoms with Crippen LogP contribution >= 0.6 is 12.8 Å². The fraction of sp³-hybridized carbons (Fsp3) is 0.725. The van der Waals surface area contributed by atoms with E-state index in [1.807, 2.05) is 71.9 Å². The molecule has 9 atom stereocenters. The molecular formula is C40H68N6O7S. The number of ether oxygens (including phenoxy) is 2. The van der Waals surface area contributed by atoms with Gasteiger partial charge in [-0.1, -0.05) is 98.0 Å². The van der Waals surface area contributed by atoms with Gasteiger partial charge in [0.15, 0.2) is 0 Å². The number of carbonyl (C=O) groups is 5. The molecule has 0 saturated carbocycles. The van der Waals surface area contributed by atoms with Gasteiger partial charge in [0.05, 0.1) is 36.6 Å². The number of thiol groups is 1. The van der Waals surface area contributed by atoms with Crippen LogP contribution in [-0.4, -0.2) is 128 Å². The van der Waals surface area contributed by atoms with Gasteiger partial charge in [-0.05, 0) is 43.2 Å². The Labute approximate surface area is 329 Å². The number of rotatable bonds is 21. The SMILES string of the molecule is CCC(C)[C@@H]([C@@H](CC(=O)N1CCC[C@H]1[C@H](OC)[C@@H](C)C(=O)NC(Cc1ccccc1)C(=O)NC)OC)N(C)C(=O)[C@@H](NC(=O)[C@H](C(C)C)N(C)S)C(C)C. The molecule has 14 heteroatoms. The first-order valence-electron chi connectivity index (χ1n) is 19.3. The van der Waals surface area contributed by atoms with Crippen molar-refractivity contribution in [3.8, 4) is 0 Å². The first-order valence-corrected chi connectivity index (χ1v) is 19.7. The van der Waals surface area contributed by atoms with Crippen LogP contribution in [0.5, 0.6) is 0 Å². The Hall–Kier alpha value is -3.20. The van der Waals surface area contributed by atoms with Gasteiger partial charge >= 0.3 is 0 Å². The number of benzene rings is 1. The summed E-state index contributed by atoms with van der Waals surface area (Å²) < 4.78 is 13.5. The Morgan fingerprint density at radius 3 is 2.04 bits per heavy atom. The average molecular weight is 777 g/mol. The van der Waals surface area contributed by atoms with E-state index >= 15 is 0 Å². The van der Waals surface area contributed by atoms with Crippen LogP contribution in [0.25, 0.3) is 0 Å². The molecular weight excluding hydrogens is 709 g/mol. The number of likely N-dealkylation sites (tertiary alicyclic amines) is 1. The number of amides is 5.